The Balaban J connectivity index is 2.14. The third kappa shape index (κ3) is 2.47. The van der Waals surface area contributed by atoms with Crippen LogP contribution in [-0.2, 0) is 0 Å². The molecule has 1 heterocycles. The third-order valence-corrected chi connectivity index (χ3v) is 3.46. The Hall–Kier alpha value is -0.800. The Labute approximate surface area is 101 Å². The van der Waals surface area contributed by atoms with Crippen molar-refractivity contribution in [1.82, 2.24) is 4.98 Å². The lowest BCUT2D eigenvalue weighted by atomic mass is 9.91. The summed E-state index contributed by atoms with van der Waals surface area (Å²) in [5.41, 5.74) is 0. The molecule has 1 aromatic heterocycles. The molecule has 0 bridgehead atoms. The van der Waals surface area contributed by atoms with E-state index in [9.17, 15) is 5.11 Å². The molecule has 2 unspecified atom stereocenters. The maximum absolute atomic E-state index is 9.97. The molecule has 0 radical (unpaired) electrons. The van der Waals surface area contributed by atoms with E-state index in [1.165, 1.54) is 6.42 Å². The van der Waals surface area contributed by atoms with Gasteiger partial charge in [0.2, 0.25) is 0 Å². The molecule has 1 aliphatic carbocycles. The number of hydrogen-bond acceptors (Lipinski definition) is 3. The summed E-state index contributed by atoms with van der Waals surface area (Å²) in [6.07, 6.45) is 3.95. The van der Waals surface area contributed by atoms with Crippen LogP contribution in [0.2, 0.25) is 5.15 Å². The number of pyridine rings is 1. The fraction of sp³-hybridized carbons (Fsp3) is 0.583. The molecule has 2 rings (SSSR count). The highest BCUT2D eigenvalue weighted by atomic mass is 35.5. The molecule has 0 amide bonds. The summed E-state index contributed by atoms with van der Waals surface area (Å²) in [5, 5.41) is 10.5. The summed E-state index contributed by atoms with van der Waals surface area (Å²) in [6, 6.07) is 5.74. The first-order chi connectivity index (χ1) is 7.68. The molecule has 2 atom stereocenters. The standard InChI is InChI=1S/C12H17ClN2O/c1-15(9-5-2-3-6-10(9)16)12-8-4-7-11(13)14-12/h4,7-10,16H,2-3,5-6H2,1H3. The van der Waals surface area contributed by atoms with Crippen LogP contribution in [0.5, 0.6) is 0 Å². The van der Waals surface area contributed by atoms with Crippen molar-refractivity contribution in [2.24, 2.45) is 0 Å². The Kier molecular flexibility index (Phi) is 3.66. The van der Waals surface area contributed by atoms with E-state index in [-0.39, 0.29) is 12.1 Å². The van der Waals surface area contributed by atoms with Crippen LogP contribution < -0.4 is 4.90 Å². The first-order valence-corrected chi connectivity index (χ1v) is 6.10. The Bertz CT molecular complexity index is 359. The van der Waals surface area contributed by atoms with Gasteiger partial charge in [-0.3, -0.25) is 0 Å². The SMILES string of the molecule is CN(c1cccc(Cl)n1)C1CCCCC1O. The second-order valence-corrected chi connectivity index (χ2v) is 4.74. The van der Waals surface area contributed by atoms with Crippen molar-refractivity contribution in [2.45, 2.75) is 37.8 Å². The zero-order chi connectivity index (χ0) is 11.5. The average Bonchev–Trinajstić information content (AvgIpc) is 2.29. The van der Waals surface area contributed by atoms with E-state index in [2.05, 4.69) is 4.98 Å². The van der Waals surface area contributed by atoms with Crippen molar-refractivity contribution in [3.8, 4) is 0 Å². The Morgan fingerprint density at radius 3 is 2.81 bits per heavy atom. The van der Waals surface area contributed by atoms with Crippen molar-refractivity contribution in [3.05, 3.63) is 23.4 Å². The number of aliphatic hydroxyl groups excluding tert-OH is 1. The topological polar surface area (TPSA) is 36.4 Å². The smallest absolute Gasteiger partial charge is 0.131 e. The summed E-state index contributed by atoms with van der Waals surface area (Å²) < 4.78 is 0. The zero-order valence-electron chi connectivity index (χ0n) is 9.43. The minimum absolute atomic E-state index is 0.166. The first kappa shape index (κ1) is 11.7. The maximum atomic E-state index is 9.97. The molecular formula is C12H17ClN2O. The molecule has 1 aliphatic rings. The highest BCUT2D eigenvalue weighted by molar-refractivity contribution is 6.29. The van der Waals surface area contributed by atoms with Gasteiger partial charge in [0.15, 0.2) is 0 Å². The Morgan fingerprint density at radius 1 is 1.38 bits per heavy atom. The largest absolute Gasteiger partial charge is 0.391 e. The van der Waals surface area contributed by atoms with Crippen LogP contribution in [0.1, 0.15) is 25.7 Å². The van der Waals surface area contributed by atoms with Gasteiger partial charge in [0.05, 0.1) is 12.1 Å². The third-order valence-electron chi connectivity index (χ3n) is 3.25. The predicted octanol–water partition coefficient (Wildman–Crippen LogP) is 2.47. The zero-order valence-corrected chi connectivity index (χ0v) is 10.2. The molecule has 0 spiro atoms. The van der Waals surface area contributed by atoms with Crippen molar-refractivity contribution < 1.29 is 5.11 Å². The van der Waals surface area contributed by atoms with Gasteiger partial charge in [-0.25, -0.2) is 4.98 Å². The van der Waals surface area contributed by atoms with Crippen molar-refractivity contribution in [3.63, 3.8) is 0 Å². The summed E-state index contributed by atoms with van der Waals surface area (Å²) in [6.45, 7) is 0. The lowest BCUT2D eigenvalue weighted by molar-refractivity contribution is 0.106. The number of nitrogens with zero attached hydrogens (tertiary/aromatic N) is 2. The van der Waals surface area contributed by atoms with Crippen LogP contribution in [-0.4, -0.2) is 29.3 Å². The van der Waals surface area contributed by atoms with E-state index < -0.39 is 0 Å². The summed E-state index contributed by atoms with van der Waals surface area (Å²) in [7, 11) is 1.97. The van der Waals surface area contributed by atoms with Gasteiger partial charge in [0.1, 0.15) is 11.0 Å². The van der Waals surface area contributed by atoms with E-state index in [0.717, 1.165) is 25.1 Å². The number of rotatable bonds is 2. The Morgan fingerprint density at radius 2 is 2.12 bits per heavy atom. The number of aliphatic hydroxyl groups is 1. The van der Waals surface area contributed by atoms with E-state index >= 15 is 0 Å². The fourth-order valence-corrected chi connectivity index (χ4v) is 2.47. The maximum Gasteiger partial charge on any atom is 0.131 e. The molecule has 0 aliphatic heterocycles. The number of aromatic nitrogens is 1. The number of anilines is 1. The van der Waals surface area contributed by atoms with Crippen molar-refractivity contribution in [1.29, 1.82) is 0 Å². The fourth-order valence-electron chi connectivity index (χ4n) is 2.31. The van der Waals surface area contributed by atoms with Gasteiger partial charge in [-0.05, 0) is 25.0 Å². The first-order valence-electron chi connectivity index (χ1n) is 5.72. The summed E-state index contributed by atoms with van der Waals surface area (Å²) >= 11 is 5.86. The normalized spacial score (nSPS) is 25.4. The van der Waals surface area contributed by atoms with Gasteiger partial charge in [0, 0.05) is 7.05 Å². The highest BCUT2D eigenvalue weighted by Gasteiger charge is 2.27. The van der Waals surface area contributed by atoms with Gasteiger partial charge in [0.25, 0.3) is 0 Å². The molecule has 1 aromatic rings. The minimum atomic E-state index is -0.250. The van der Waals surface area contributed by atoms with Crippen LogP contribution in [0, 0.1) is 0 Å². The molecule has 3 nitrogen and oxygen atoms in total. The molecule has 4 heteroatoms. The number of hydrogen-bond donors (Lipinski definition) is 1. The molecular weight excluding hydrogens is 224 g/mol. The quantitative estimate of drug-likeness (QED) is 0.807. The molecule has 88 valence electrons. The van der Waals surface area contributed by atoms with E-state index in [1.807, 2.05) is 24.1 Å². The minimum Gasteiger partial charge on any atom is -0.391 e. The van der Waals surface area contributed by atoms with E-state index in [4.69, 9.17) is 11.6 Å². The van der Waals surface area contributed by atoms with Gasteiger partial charge in [-0.1, -0.05) is 30.5 Å². The van der Waals surface area contributed by atoms with Crippen molar-refractivity contribution in [2.75, 3.05) is 11.9 Å². The van der Waals surface area contributed by atoms with E-state index in [0.29, 0.717) is 5.15 Å². The summed E-state index contributed by atoms with van der Waals surface area (Å²) in [4.78, 5) is 6.30. The second-order valence-electron chi connectivity index (χ2n) is 4.35. The molecule has 1 saturated carbocycles. The van der Waals surface area contributed by atoms with Gasteiger partial charge >= 0.3 is 0 Å². The molecule has 0 aromatic carbocycles. The van der Waals surface area contributed by atoms with Crippen LogP contribution in [0.3, 0.4) is 0 Å². The molecule has 1 N–H and O–H groups in total. The van der Waals surface area contributed by atoms with Crippen LogP contribution in [0.15, 0.2) is 18.2 Å². The average molecular weight is 241 g/mol. The molecule has 1 fully saturated rings. The lowest BCUT2D eigenvalue weighted by Gasteiger charge is -2.35. The van der Waals surface area contributed by atoms with Crippen LogP contribution >= 0.6 is 11.6 Å². The predicted molar refractivity (Wildman–Crippen MR) is 65.9 cm³/mol. The van der Waals surface area contributed by atoms with Gasteiger partial charge in [-0.15, -0.1) is 0 Å². The van der Waals surface area contributed by atoms with Crippen LogP contribution in [0.4, 0.5) is 5.82 Å². The number of likely N-dealkylation sites (N-methyl/N-ethyl adjacent to an activating group) is 1. The monoisotopic (exact) mass is 240 g/mol. The highest BCUT2D eigenvalue weighted by Crippen LogP contribution is 2.25. The van der Waals surface area contributed by atoms with Crippen molar-refractivity contribution >= 4 is 17.4 Å². The summed E-state index contributed by atoms with van der Waals surface area (Å²) in [5.74, 6) is 0.832. The molecule has 0 saturated heterocycles. The van der Waals surface area contributed by atoms with E-state index in [1.54, 1.807) is 6.07 Å². The second kappa shape index (κ2) is 5.02. The number of halogens is 1. The van der Waals surface area contributed by atoms with Crippen LogP contribution in [0.25, 0.3) is 0 Å². The van der Waals surface area contributed by atoms with Gasteiger partial charge in [-0.2, -0.15) is 0 Å². The van der Waals surface area contributed by atoms with Gasteiger partial charge < -0.3 is 10.0 Å². The molecule has 16 heavy (non-hydrogen) atoms. The lowest BCUT2D eigenvalue weighted by Crippen LogP contribution is -2.43.